The van der Waals surface area contributed by atoms with Gasteiger partial charge in [-0.1, -0.05) is 42.8 Å². The summed E-state index contributed by atoms with van der Waals surface area (Å²) in [5.41, 5.74) is 3.00. The number of hydrogen-bond donors (Lipinski definition) is 1. The van der Waals surface area contributed by atoms with Gasteiger partial charge in [-0.2, -0.15) is 0 Å². The molecule has 3 heteroatoms. The predicted octanol–water partition coefficient (Wildman–Crippen LogP) is 4.86. The van der Waals surface area contributed by atoms with Crippen LogP contribution in [0.25, 0.3) is 0 Å². The van der Waals surface area contributed by atoms with Crippen LogP contribution in [0.4, 0.5) is 0 Å². The van der Waals surface area contributed by atoms with E-state index in [9.17, 15) is 0 Å². The highest BCUT2D eigenvalue weighted by Crippen LogP contribution is 2.39. The van der Waals surface area contributed by atoms with Gasteiger partial charge in [0.25, 0.3) is 0 Å². The SMILES string of the molecule is CCCNC1c2ccccc2CC1Cc1ccc(Cl)s1. The van der Waals surface area contributed by atoms with E-state index < -0.39 is 0 Å². The van der Waals surface area contributed by atoms with Gasteiger partial charge >= 0.3 is 0 Å². The number of nitrogens with one attached hydrogen (secondary N) is 1. The average Bonchev–Trinajstić information content (AvgIpc) is 3.00. The fourth-order valence-corrected chi connectivity index (χ4v) is 4.34. The lowest BCUT2D eigenvalue weighted by atomic mass is 9.96. The van der Waals surface area contributed by atoms with Crippen molar-refractivity contribution in [3.63, 3.8) is 0 Å². The summed E-state index contributed by atoms with van der Waals surface area (Å²) in [5, 5.41) is 3.74. The van der Waals surface area contributed by atoms with Crippen LogP contribution in [0.15, 0.2) is 36.4 Å². The summed E-state index contributed by atoms with van der Waals surface area (Å²) in [6, 6.07) is 13.5. The third kappa shape index (κ3) is 2.93. The zero-order valence-corrected chi connectivity index (χ0v) is 13.3. The van der Waals surface area contributed by atoms with Gasteiger partial charge in [-0.15, -0.1) is 11.3 Å². The molecule has 2 atom stereocenters. The Morgan fingerprint density at radius 1 is 1.25 bits per heavy atom. The third-order valence-electron chi connectivity index (χ3n) is 4.05. The fourth-order valence-electron chi connectivity index (χ4n) is 3.16. The normalized spacial score (nSPS) is 21.1. The van der Waals surface area contributed by atoms with E-state index in [1.807, 2.05) is 6.07 Å². The minimum atomic E-state index is 0.493. The van der Waals surface area contributed by atoms with Crippen LogP contribution in [0.3, 0.4) is 0 Å². The van der Waals surface area contributed by atoms with Gasteiger partial charge in [0, 0.05) is 10.9 Å². The Balaban J connectivity index is 1.79. The van der Waals surface area contributed by atoms with E-state index in [0.29, 0.717) is 12.0 Å². The summed E-state index contributed by atoms with van der Waals surface area (Å²) in [7, 11) is 0. The second-order valence-corrected chi connectivity index (χ2v) is 7.30. The molecule has 2 unspecified atom stereocenters. The van der Waals surface area contributed by atoms with Gasteiger partial charge in [0.05, 0.1) is 4.34 Å². The van der Waals surface area contributed by atoms with Gasteiger partial charge in [-0.3, -0.25) is 0 Å². The monoisotopic (exact) mass is 305 g/mol. The Morgan fingerprint density at radius 2 is 2.10 bits per heavy atom. The van der Waals surface area contributed by atoms with Crippen molar-refractivity contribution < 1.29 is 0 Å². The summed E-state index contributed by atoms with van der Waals surface area (Å²) in [4.78, 5) is 1.40. The number of benzene rings is 1. The molecular weight excluding hydrogens is 286 g/mol. The van der Waals surface area contributed by atoms with Crippen LogP contribution in [0, 0.1) is 5.92 Å². The van der Waals surface area contributed by atoms with E-state index in [1.54, 1.807) is 11.3 Å². The Morgan fingerprint density at radius 3 is 2.85 bits per heavy atom. The maximum absolute atomic E-state index is 6.06. The minimum absolute atomic E-state index is 0.493. The molecule has 1 aromatic heterocycles. The number of fused-ring (bicyclic) bond motifs is 1. The standard InChI is InChI=1S/C17H20ClNS/c1-2-9-19-17-13(11-14-7-8-16(18)20-14)10-12-5-3-4-6-15(12)17/h3-8,13,17,19H,2,9-11H2,1H3. The predicted molar refractivity (Wildman–Crippen MR) is 87.7 cm³/mol. The first-order valence-corrected chi connectivity index (χ1v) is 8.52. The van der Waals surface area contributed by atoms with Crippen molar-refractivity contribution in [2.24, 2.45) is 5.92 Å². The van der Waals surface area contributed by atoms with Crippen LogP contribution in [-0.4, -0.2) is 6.54 Å². The van der Waals surface area contributed by atoms with Crippen LogP contribution in [0.1, 0.15) is 35.4 Å². The molecule has 1 aliphatic rings. The summed E-state index contributed by atoms with van der Waals surface area (Å²) < 4.78 is 0.897. The molecule has 0 saturated carbocycles. The largest absolute Gasteiger partial charge is 0.310 e. The maximum Gasteiger partial charge on any atom is 0.0931 e. The van der Waals surface area contributed by atoms with Gasteiger partial charge in [-0.25, -0.2) is 0 Å². The van der Waals surface area contributed by atoms with E-state index in [2.05, 4.69) is 42.6 Å². The molecule has 1 aromatic carbocycles. The molecule has 1 nitrogen and oxygen atoms in total. The smallest absolute Gasteiger partial charge is 0.0931 e. The zero-order valence-electron chi connectivity index (χ0n) is 11.7. The first-order chi connectivity index (χ1) is 9.78. The van der Waals surface area contributed by atoms with Crippen LogP contribution in [0.5, 0.6) is 0 Å². The lowest BCUT2D eigenvalue weighted by Gasteiger charge is -2.21. The molecule has 2 aromatic rings. The van der Waals surface area contributed by atoms with Crippen molar-refractivity contribution in [3.05, 3.63) is 56.7 Å². The maximum atomic E-state index is 6.06. The molecule has 0 amide bonds. The Hall–Kier alpha value is -0.830. The van der Waals surface area contributed by atoms with Crippen molar-refractivity contribution >= 4 is 22.9 Å². The third-order valence-corrected chi connectivity index (χ3v) is 5.30. The number of hydrogen-bond acceptors (Lipinski definition) is 2. The van der Waals surface area contributed by atoms with E-state index in [-0.39, 0.29) is 0 Å². The van der Waals surface area contributed by atoms with Gasteiger partial charge in [0.2, 0.25) is 0 Å². The summed E-state index contributed by atoms with van der Waals surface area (Å²) >= 11 is 7.77. The molecule has 0 bridgehead atoms. The van der Waals surface area contributed by atoms with Gasteiger partial charge in [-0.05, 0) is 55.0 Å². The Labute approximate surface area is 130 Å². The Bertz CT molecular complexity index is 578. The number of thiophene rings is 1. The van der Waals surface area contributed by atoms with Crippen LogP contribution in [0.2, 0.25) is 4.34 Å². The summed E-state index contributed by atoms with van der Waals surface area (Å²) in [6.45, 7) is 3.31. The van der Waals surface area contributed by atoms with Crippen molar-refractivity contribution in [1.29, 1.82) is 0 Å². The van der Waals surface area contributed by atoms with E-state index >= 15 is 0 Å². The molecule has 0 spiro atoms. The topological polar surface area (TPSA) is 12.0 Å². The van der Waals surface area contributed by atoms with Crippen molar-refractivity contribution in [3.8, 4) is 0 Å². The molecule has 106 valence electrons. The molecule has 20 heavy (non-hydrogen) atoms. The first-order valence-electron chi connectivity index (χ1n) is 7.33. The van der Waals surface area contributed by atoms with Crippen molar-refractivity contribution in [2.75, 3.05) is 6.54 Å². The molecule has 1 aliphatic carbocycles. The molecule has 0 radical (unpaired) electrons. The van der Waals surface area contributed by atoms with E-state index in [0.717, 1.165) is 17.3 Å². The van der Waals surface area contributed by atoms with Crippen molar-refractivity contribution in [1.82, 2.24) is 5.32 Å². The zero-order chi connectivity index (χ0) is 13.9. The van der Waals surface area contributed by atoms with E-state index in [4.69, 9.17) is 11.6 Å². The molecule has 1 heterocycles. The highest BCUT2D eigenvalue weighted by atomic mass is 35.5. The van der Waals surface area contributed by atoms with Gasteiger partial charge < -0.3 is 5.32 Å². The van der Waals surface area contributed by atoms with Crippen LogP contribution < -0.4 is 5.32 Å². The molecular formula is C17H20ClNS. The minimum Gasteiger partial charge on any atom is -0.310 e. The van der Waals surface area contributed by atoms with Crippen molar-refractivity contribution in [2.45, 2.75) is 32.2 Å². The molecule has 1 N–H and O–H groups in total. The number of halogens is 1. The highest BCUT2D eigenvalue weighted by molar-refractivity contribution is 7.16. The molecule has 0 saturated heterocycles. The van der Waals surface area contributed by atoms with Crippen LogP contribution in [-0.2, 0) is 12.8 Å². The number of rotatable bonds is 5. The van der Waals surface area contributed by atoms with Crippen LogP contribution >= 0.6 is 22.9 Å². The molecule has 3 rings (SSSR count). The Kier molecular flexibility index (Phi) is 4.45. The lowest BCUT2D eigenvalue weighted by molar-refractivity contribution is 0.389. The second-order valence-electron chi connectivity index (χ2n) is 5.50. The summed E-state index contributed by atoms with van der Waals surface area (Å²) in [6.07, 6.45) is 3.47. The first kappa shape index (κ1) is 14.1. The average molecular weight is 306 g/mol. The fraction of sp³-hybridized carbons (Fsp3) is 0.412. The second kappa shape index (κ2) is 6.30. The summed E-state index contributed by atoms with van der Waals surface area (Å²) in [5.74, 6) is 0.647. The lowest BCUT2D eigenvalue weighted by Crippen LogP contribution is -2.27. The van der Waals surface area contributed by atoms with Gasteiger partial charge in [0.1, 0.15) is 0 Å². The van der Waals surface area contributed by atoms with E-state index in [1.165, 1.54) is 28.8 Å². The quantitative estimate of drug-likeness (QED) is 0.832. The molecule has 0 aliphatic heterocycles. The van der Waals surface area contributed by atoms with Gasteiger partial charge in [0.15, 0.2) is 0 Å². The highest BCUT2D eigenvalue weighted by Gasteiger charge is 2.31. The molecule has 0 fully saturated rings.